The molecule has 0 amide bonds. The van der Waals surface area contributed by atoms with E-state index in [4.69, 9.17) is 0 Å². The quantitative estimate of drug-likeness (QED) is 0.638. The molecule has 2 heteroatoms. The second-order valence-electron chi connectivity index (χ2n) is 3.15. The molecule has 0 saturated carbocycles. The summed E-state index contributed by atoms with van der Waals surface area (Å²) in [5.41, 5.74) is 2.35. The van der Waals surface area contributed by atoms with E-state index in [1.165, 1.54) is 10.9 Å². The molecule has 0 saturated heterocycles. The minimum atomic E-state index is 0.439. The average molecular weight is 173 g/mol. The number of hydrogen-bond donors (Lipinski definition) is 0. The zero-order valence-electron chi connectivity index (χ0n) is 7.53. The number of aldehydes is 1. The number of rotatable bonds is 2. The first-order valence-electron chi connectivity index (χ1n) is 4.31. The van der Waals surface area contributed by atoms with Crippen molar-refractivity contribution in [3.05, 3.63) is 36.0 Å². The summed E-state index contributed by atoms with van der Waals surface area (Å²) < 4.78 is 1.97. The Morgan fingerprint density at radius 2 is 2.15 bits per heavy atom. The average Bonchev–Trinajstić information content (AvgIpc) is 2.46. The third-order valence-corrected chi connectivity index (χ3v) is 2.26. The Kier molecular flexibility index (Phi) is 1.89. The van der Waals surface area contributed by atoms with Crippen LogP contribution in [-0.4, -0.2) is 10.9 Å². The number of nitrogens with zero attached hydrogens (tertiary/aromatic N) is 1. The summed E-state index contributed by atoms with van der Waals surface area (Å²) in [6.45, 7) is 2.50. The number of benzene rings is 1. The van der Waals surface area contributed by atoms with E-state index in [9.17, 15) is 4.79 Å². The van der Waals surface area contributed by atoms with Crippen molar-refractivity contribution in [3.8, 4) is 0 Å². The van der Waals surface area contributed by atoms with Crippen LogP contribution >= 0.6 is 0 Å². The highest BCUT2D eigenvalue weighted by Gasteiger charge is 2.02. The Morgan fingerprint density at radius 1 is 1.38 bits per heavy atom. The van der Waals surface area contributed by atoms with E-state index < -0.39 is 0 Å². The van der Waals surface area contributed by atoms with Crippen LogP contribution < -0.4 is 0 Å². The molecule has 1 aromatic carbocycles. The fraction of sp³-hybridized carbons (Fsp3) is 0.182. The lowest BCUT2D eigenvalue weighted by Gasteiger charge is -1.97. The van der Waals surface area contributed by atoms with Gasteiger partial charge in [-0.15, -0.1) is 0 Å². The van der Waals surface area contributed by atoms with Crippen LogP contribution in [0.2, 0.25) is 0 Å². The summed E-state index contributed by atoms with van der Waals surface area (Å²) in [5, 5.41) is 1.23. The number of carbonyl (C=O) groups excluding carboxylic acids is 1. The van der Waals surface area contributed by atoms with Crippen molar-refractivity contribution in [1.82, 2.24) is 4.57 Å². The molecule has 0 N–H and O–H groups in total. The number of fused-ring (bicyclic) bond motifs is 1. The molecule has 2 rings (SSSR count). The van der Waals surface area contributed by atoms with Gasteiger partial charge in [-0.3, -0.25) is 0 Å². The van der Waals surface area contributed by atoms with E-state index >= 15 is 0 Å². The van der Waals surface area contributed by atoms with Gasteiger partial charge in [-0.05, 0) is 18.6 Å². The zero-order valence-corrected chi connectivity index (χ0v) is 7.53. The number of aryl methyl sites for hydroxylation is 1. The molecular formula is C11H11NO. The van der Waals surface area contributed by atoms with Gasteiger partial charge in [-0.1, -0.05) is 18.2 Å². The lowest BCUT2D eigenvalue weighted by Crippen LogP contribution is -1.95. The number of aromatic nitrogens is 1. The molecule has 0 spiro atoms. The van der Waals surface area contributed by atoms with Crippen molar-refractivity contribution in [2.24, 2.45) is 0 Å². The van der Waals surface area contributed by atoms with Crippen molar-refractivity contribution < 1.29 is 4.79 Å². The van der Waals surface area contributed by atoms with Gasteiger partial charge in [0.15, 0.2) is 0 Å². The first kappa shape index (κ1) is 8.05. The fourth-order valence-electron chi connectivity index (χ4n) is 1.66. The molecule has 0 aliphatic heterocycles. The Morgan fingerprint density at radius 3 is 2.92 bits per heavy atom. The van der Waals surface area contributed by atoms with Crippen LogP contribution in [-0.2, 0) is 11.3 Å². The fourth-order valence-corrected chi connectivity index (χ4v) is 1.66. The highest BCUT2D eigenvalue weighted by Crippen LogP contribution is 2.19. The van der Waals surface area contributed by atoms with E-state index in [0.717, 1.165) is 11.8 Å². The van der Waals surface area contributed by atoms with E-state index in [2.05, 4.69) is 13.0 Å². The Balaban J connectivity index is 2.70. The molecule has 0 aliphatic carbocycles. The lowest BCUT2D eigenvalue weighted by atomic mass is 10.2. The third kappa shape index (κ3) is 1.24. The standard InChI is InChI=1S/C11H11NO/c1-9-8-12(6-7-13)11-5-3-2-4-10(9)11/h2-5,7-8H,6H2,1H3. The molecular weight excluding hydrogens is 162 g/mol. The minimum Gasteiger partial charge on any atom is -0.340 e. The van der Waals surface area contributed by atoms with Crippen LogP contribution in [0.4, 0.5) is 0 Å². The summed E-state index contributed by atoms with van der Waals surface area (Å²) in [4.78, 5) is 10.4. The first-order chi connectivity index (χ1) is 6.33. The van der Waals surface area contributed by atoms with Gasteiger partial charge in [0.2, 0.25) is 0 Å². The van der Waals surface area contributed by atoms with Gasteiger partial charge in [0.05, 0.1) is 6.54 Å². The van der Waals surface area contributed by atoms with Crippen molar-refractivity contribution in [3.63, 3.8) is 0 Å². The summed E-state index contributed by atoms with van der Waals surface area (Å²) in [6.07, 6.45) is 2.94. The van der Waals surface area contributed by atoms with Gasteiger partial charge in [0.25, 0.3) is 0 Å². The molecule has 1 heterocycles. The number of para-hydroxylation sites is 1. The Labute approximate surface area is 76.8 Å². The molecule has 0 aliphatic rings. The van der Waals surface area contributed by atoms with Gasteiger partial charge in [-0.2, -0.15) is 0 Å². The molecule has 0 bridgehead atoms. The van der Waals surface area contributed by atoms with Crippen LogP contribution in [0.3, 0.4) is 0 Å². The van der Waals surface area contributed by atoms with E-state index in [1.807, 2.05) is 29.0 Å². The Hall–Kier alpha value is -1.57. The van der Waals surface area contributed by atoms with Crippen LogP contribution in [0.1, 0.15) is 5.56 Å². The van der Waals surface area contributed by atoms with Gasteiger partial charge in [0.1, 0.15) is 6.29 Å². The van der Waals surface area contributed by atoms with Crippen LogP contribution in [0, 0.1) is 6.92 Å². The van der Waals surface area contributed by atoms with Crippen LogP contribution in [0.15, 0.2) is 30.5 Å². The maximum Gasteiger partial charge on any atom is 0.139 e. The number of carbonyl (C=O) groups is 1. The van der Waals surface area contributed by atoms with Crippen molar-refractivity contribution in [2.75, 3.05) is 0 Å². The van der Waals surface area contributed by atoms with Gasteiger partial charge in [-0.25, -0.2) is 0 Å². The molecule has 66 valence electrons. The van der Waals surface area contributed by atoms with Crippen molar-refractivity contribution >= 4 is 17.2 Å². The minimum absolute atomic E-state index is 0.439. The molecule has 0 unspecified atom stereocenters. The predicted octanol–water partition coefficient (Wildman–Crippen LogP) is 2.15. The summed E-state index contributed by atoms with van der Waals surface area (Å²) in [6, 6.07) is 8.11. The Bertz CT molecular complexity index is 442. The normalized spacial score (nSPS) is 10.5. The highest BCUT2D eigenvalue weighted by molar-refractivity contribution is 5.84. The van der Waals surface area contributed by atoms with Crippen molar-refractivity contribution in [1.29, 1.82) is 0 Å². The second-order valence-corrected chi connectivity index (χ2v) is 3.15. The largest absolute Gasteiger partial charge is 0.340 e. The summed E-state index contributed by atoms with van der Waals surface area (Å²) >= 11 is 0. The van der Waals surface area contributed by atoms with Gasteiger partial charge >= 0.3 is 0 Å². The molecule has 13 heavy (non-hydrogen) atoms. The van der Waals surface area contributed by atoms with Gasteiger partial charge < -0.3 is 9.36 Å². The molecule has 0 radical (unpaired) electrons. The molecule has 2 nitrogen and oxygen atoms in total. The SMILES string of the molecule is Cc1cn(CC=O)c2ccccc12. The summed E-state index contributed by atoms with van der Waals surface area (Å²) in [5.74, 6) is 0. The molecule has 1 aromatic heterocycles. The van der Waals surface area contributed by atoms with E-state index in [0.29, 0.717) is 6.54 Å². The molecule has 0 fully saturated rings. The topological polar surface area (TPSA) is 22.0 Å². The number of hydrogen-bond acceptors (Lipinski definition) is 1. The maximum absolute atomic E-state index is 10.4. The van der Waals surface area contributed by atoms with E-state index in [-0.39, 0.29) is 0 Å². The zero-order chi connectivity index (χ0) is 9.26. The highest BCUT2D eigenvalue weighted by atomic mass is 16.1. The smallest absolute Gasteiger partial charge is 0.139 e. The van der Waals surface area contributed by atoms with Crippen molar-refractivity contribution in [2.45, 2.75) is 13.5 Å². The second kappa shape index (κ2) is 3.05. The predicted molar refractivity (Wildman–Crippen MR) is 52.7 cm³/mol. The maximum atomic E-state index is 10.4. The van der Waals surface area contributed by atoms with Gasteiger partial charge in [0, 0.05) is 17.1 Å². The monoisotopic (exact) mass is 173 g/mol. The molecule has 0 atom stereocenters. The lowest BCUT2D eigenvalue weighted by molar-refractivity contribution is -0.108. The van der Waals surface area contributed by atoms with Crippen LogP contribution in [0.25, 0.3) is 10.9 Å². The van der Waals surface area contributed by atoms with E-state index in [1.54, 1.807) is 0 Å². The first-order valence-corrected chi connectivity index (χ1v) is 4.31. The summed E-state index contributed by atoms with van der Waals surface area (Å²) in [7, 11) is 0. The third-order valence-electron chi connectivity index (χ3n) is 2.26. The van der Waals surface area contributed by atoms with Crippen LogP contribution in [0.5, 0.6) is 0 Å². The molecule has 2 aromatic rings.